The number of epoxide rings is 1. The van der Waals surface area contributed by atoms with E-state index in [-0.39, 0.29) is 41.6 Å². The summed E-state index contributed by atoms with van der Waals surface area (Å²) in [6.45, 7) is 13.5. The topological polar surface area (TPSA) is 77.2 Å². The van der Waals surface area contributed by atoms with Gasteiger partial charge >= 0.3 is 0 Å². The summed E-state index contributed by atoms with van der Waals surface area (Å²) >= 11 is 6.17. The number of nitrogens with one attached hydrogen (secondary N) is 1. The standard InChI is InChI=1S/C30H52ClNO5Si/c1-8-9-10-11-13-16-24(35-5)17-14-12-15-18-27(34)32-22-23(21-31)30-26(33)20-19-25(28(30)36-30)37-38(6,7)29(2,3)4/h12,14,21,24-25,28H,8-11,13,15-20,22H2,1-7H3,(H,32,34)/b14-12+,23-21-/t24-,25+,28-,30+/m0/s1. The average molecular weight is 570 g/mol. The van der Waals surface area contributed by atoms with Gasteiger partial charge in [0, 0.05) is 37.6 Å². The third-order valence-electron chi connectivity index (χ3n) is 8.47. The van der Waals surface area contributed by atoms with Gasteiger partial charge in [-0.1, -0.05) is 83.6 Å². The third-order valence-corrected chi connectivity index (χ3v) is 13.2. The molecule has 1 saturated heterocycles. The molecule has 0 spiro atoms. The molecule has 0 unspecified atom stereocenters. The third kappa shape index (κ3) is 9.02. The normalized spacial score (nSPS) is 24.9. The molecular formula is C30H52ClNO5Si. The highest BCUT2D eigenvalue weighted by atomic mass is 35.5. The predicted molar refractivity (Wildman–Crippen MR) is 158 cm³/mol. The van der Waals surface area contributed by atoms with Gasteiger partial charge in [0.15, 0.2) is 19.7 Å². The summed E-state index contributed by atoms with van der Waals surface area (Å²) < 4.78 is 18.3. The number of rotatable bonds is 17. The van der Waals surface area contributed by atoms with E-state index in [1.807, 2.05) is 6.08 Å². The second kappa shape index (κ2) is 15.1. The van der Waals surface area contributed by atoms with Crippen molar-refractivity contribution in [1.29, 1.82) is 0 Å². The van der Waals surface area contributed by atoms with Crippen molar-refractivity contribution in [3.05, 3.63) is 23.3 Å². The number of allylic oxidation sites excluding steroid dienone is 1. The summed E-state index contributed by atoms with van der Waals surface area (Å²) in [5.41, 5.74) is 0.967. The lowest BCUT2D eigenvalue weighted by Crippen LogP contribution is -2.49. The molecule has 6 nitrogen and oxygen atoms in total. The Morgan fingerprint density at radius 1 is 1.24 bits per heavy atom. The zero-order valence-corrected chi connectivity index (χ0v) is 26.6. The largest absolute Gasteiger partial charge is 0.411 e. The first-order chi connectivity index (χ1) is 17.9. The number of ether oxygens (including phenoxy) is 2. The van der Waals surface area contributed by atoms with Crippen LogP contribution in [0.25, 0.3) is 0 Å². The lowest BCUT2D eigenvalue weighted by Gasteiger charge is -2.40. The van der Waals surface area contributed by atoms with Crippen LogP contribution in [-0.4, -0.2) is 57.6 Å². The Morgan fingerprint density at radius 2 is 1.95 bits per heavy atom. The second-order valence-corrected chi connectivity index (χ2v) is 17.3. The van der Waals surface area contributed by atoms with E-state index in [0.717, 1.165) is 12.8 Å². The zero-order valence-electron chi connectivity index (χ0n) is 24.9. The maximum atomic E-state index is 12.9. The van der Waals surface area contributed by atoms with Crippen LogP contribution in [0.4, 0.5) is 0 Å². The van der Waals surface area contributed by atoms with Crippen LogP contribution in [0.2, 0.25) is 18.1 Å². The highest BCUT2D eigenvalue weighted by Gasteiger charge is 2.69. The summed E-state index contributed by atoms with van der Waals surface area (Å²) in [7, 11) is -0.245. The number of carbonyl (C=O) groups excluding carboxylic acids is 2. The van der Waals surface area contributed by atoms with E-state index in [0.29, 0.717) is 31.3 Å². The van der Waals surface area contributed by atoms with Gasteiger partial charge in [-0.05, 0) is 43.8 Å². The van der Waals surface area contributed by atoms with Crippen molar-refractivity contribution >= 4 is 31.6 Å². The summed E-state index contributed by atoms with van der Waals surface area (Å²) in [6, 6.07) is 0. The van der Waals surface area contributed by atoms with Crippen LogP contribution in [0.5, 0.6) is 0 Å². The van der Waals surface area contributed by atoms with Crippen molar-refractivity contribution in [3.63, 3.8) is 0 Å². The molecule has 1 aliphatic heterocycles. The van der Waals surface area contributed by atoms with E-state index in [1.165, 1.54) is 37.6 Å². The van der Waals surface area contributed by atoms with Gasteiger partial charge < -0.3 is 19.2 Å². The summed E-state index contributed by atoms with van der Waals surface area (Å²) in [6.07, 6.45) is 14.3. The number of unbranched alkanes of at least 4 members (excludes halogenated alkanes) is 4. The summed E-state index contributed by atoms with van der Waals surface area (Å²) in [5, 5.41) is 3.00. The van der Waals surface area contributed by atoms with Gasteiger partial charge in [0.05, 0.1) is 12.2 Å². The van der Waals surface area contributed by atoms with Crippen LogP contribution in [0.15, 0.2) is 23.3 Å². The maximum absolute atomic E-state index is 12.9. The Morgan fingerprint density at radius 3 is 2.58 bits per heavy atom. The summed E-state index contributed by atoms with van der Waals surface area (Å²) in [4.78, 5) is 25.4. The number of Topliss-reactive ketones (excluding diaryl/α,β-unsaturated/α-hetero) is 1. The molecule has 1 aliphatic carbocycles. The van der Waals surface area contributed by atoms with E-state index in [9.17, 15) is 9.59 Å². The second-order valence-electron chi connectivity index (χ2n) is 12.4. The SMILES string of the molecule is CCCCCCC[C@@H](C/C=C/CCC(=O)NC/C(=C/Cl)[C@]12O[C@H]1[C@H](O[Si](C)(C)C(C)(C)C)CCC2=O)OC. The first-order valence-corrected chi connectivity index (χ1v) is 17.9. The number of hydrogen-bond acceptors (Lipinski definition) is 5. The van der Waals surface area contributed by atoms with E-state index < -0.39 is 13.9 Å². The lowest BCUT2D eigenvalue weighted by atomic mass is 9.81. The van der Waals surface area contributed by atoms with Crippen molar-refractivity contribution in [2.24, 2.45) is 0 Å². The molecule has 0 aromatic rings. The smallest absolute Gasteiger partial charge is 0.220 e. The Balaban J connectivity index is 1.78. The van der Waals surface area contributed by atoms with Crippen LogP contribution in [0.1, 0.15) is 98.3 Å². The monoisotopic (exact) mass is 569 g/mol. The van der Waals surface area contributed by atoms with Crippen molar-refractivity contribution in [2.45, 2.75) is 140 Å². The fourth-order valence-corrected chi connectivity index (χ4v) is 6.46. The molecule has 0 bridgehead atoms. The molecule has 4 atom stereocenters. The van der Waals surface area contributed by atoms with Crippen LogP contribution >= 0.6 is 11.6 Å². The van der Waals surface area contributed by atoms with Crippen LogP contribution in [0.3, 0.4) is 0 Å². The first kappa shape index (κ1) is 33.2. The van der Waals surface area contributed by atoms with Crippen molar-refractivity contribution < 1.29 is 23.5 Å². The van der Waals surface area contributed by atoms with E-state index in [4.69, 9.17) is 25.5 Å². The molecule has 0 radical (unpaired) electrons. The minimum Gasteiger partial charge on any atom is -0.411 e. The fourth-order valence-electron chi connectivity index (χ4n) is 4.87. The van der Waals surface area contributed by atoms with Gasteiger partial charge in [-0.2, -0.15) is 0 Å². The van der Waals surface area contributed by atoms with E-state index >= 15 is 0 Å². The van der Waals surface area contributed by atoms with Crippen LogP contribution in [0, 0.1) is 0 Å². The molecule has 2 rings (SSSR count). The van der Waals surface area contributed by atoms with E-state index in [2.05, 4.69) is 52.2 Å². The number of ketones is 1. The molecule has 0 aromatic heterocycles. The Bertz CT molecular complexity index is 837. The Hall–Kier alpha value is -0.993. The van der Waals surface area contributed by atoms with Gasteiger partial charge in [0.2, 0.25) is 5.91 Å². The minimum absolute atomic E-state index is 0.0275. The molecule has 38 heavy (non-hydrogen) atoms. The molecule has 0 aromatic carbocycles. The Kier molecular flexibility index (Phi) is 13.2. The van der Waals surface area contributed by atoms with Crippen LogP contribution in [-0.2, 0) is 23.5 Å². The molecule has 2 aliphatic rings. The van der Waals surface area contributed by atoms with Gasteiger partial charge in [0.25, 0.3) is 0 Å². The highest BCUT2D eigenvalue weighted by Crippen LogP contribution is 2.53. The number of hydrogen-bond donors (Lipinski definition) is 1. The van der Waals surface area contributed by atoms with E-state index in [1.54, 1.807) is 7.11 Å². The van der Waals surface area contributed by atoms with Gasteiger partial charge in [-0.25, -0.2) is 0 Å². The fraction of sp³-hybridized carbons (Fsp3) is 0.800. The van der Waals surface area contributed by atoms with Crippen molar-refractivity contribution in [3.8, 4) is 0 Å². The predicted octanol–water partition coefficient (Wildman–Crippen LogP) is 7.22. The number of amides is 1. The molecule has 1 saturated carbocycles. The molecule has 1 heterocycles. The zero-order chi connectivity index (χ0) is 28.4. The molecule has 218 valence electrons. The number of halogens is 1. The number of fused-ring (bicyclic) bond motifs is 1. The minimum atomic E-state index is -2.02. The summed E-state index contributed by atoms with van der Waals surface area (Å²) in [5.74, 6) is -0.0458. The quantitative estimate of drug-likeness (QED) is 0.0866. The van der Waals surface area contributed by atoms with Crippen molar-refractivity contribution in [1.82, 2.24) is 5.32 Å². The molecule has 2 fully saturated rings. The maximum Gasteiger partial charge on any atom is 0.220 e. The average Bonchev–Trinajstić information content (AvgIpc) is 3.62. The van der Waals surface area contributed by atoms with Gasteiger partial charge in [-0.3, -0.25) is 9.59 Å². The van der Waals surface area contributed by atoms with Crippen LogP contribution < -0.4 is 5.32 Å². The number of carbonyl (C=O) groups is 2. The van der Waals surface area contributed by atoms with Gasteiger partial charge in [-0.15, -0.1) is 0 Å². The number of methoxy groups -OCH3 is 1. The molecule has 8 heteroatoms. The van der Waals surface area contributed by atoms with Crippen molar-refractivity contribution in [2.75, 3.05) is 13.7 Å². The molecule has 1 amide bonds. The molecule has 1 N–H and O–H groups in total. The Labute approximate surface area is 237 Å². The lowest BCUT2D eigenvalue weighted by molar-refractivity contribution is -0.124. The van der Waals surface area contributed by atoms with Gasteiger partial charge in [0.1, 0.15) is 6.10 Å². The highest BCUT2D eigenvalue weighted by molar-refractivity contribution is 6.74. The first-order valence-electron chi connectivity index (χ1n) is 14.6. The molecular weight excluding hydrogens is 518 g/mol.